The Balaban J connectivity index is 2.56. The highest BCUT2D eigenvalue weighted by molar-refractivity contribution is 5.37. The monoisotopic (exact) mass is 208 g/mol. The fraction of sp³-hybridized carbons (Fsp3) is 0.583. The van der Waals surface area contributed by atoms with Gasteiger partial charge in [-0.25, -0.2) is 0 Å². The van der Waals surface area contributed by atoms with Gasteiger partial charge in [-0.3, -0.25) is 0 Å². The molecule has 0 aliphatic rings. The molecule has 0 saturated heterocycles. The number of nitrogens with one attached hydrogen (secondary N) is 1. The van der Waals surface area contributed by atoms with Crippen molar-refractivity contribution in [2.45, 2.75) is 39.7 Å². The summed E-state index contributed by atoms with van der Waals surface area (Å²) in [6.45, 7) is 6.96. The summed E-state index contributed by atoms with van der Waals surface area (Å²) < 4.78 is 5.34. The standard InChI is InChI=1S/C12H20N2O/c1-4-7-10(3)13-11-8-6-9-12(14-11)15-5-2/h6,8-10H,4-5,7H2,1-3H3,(H,13,14). The Hall–Kier alpha value is -1.25. The van der Waals surface area contributed by atoms with Crippen molar-refractivity contribution in [3.05, 3.63) is 18.2 Å². The molecule has 3 heteroatoms. The lowest BCUT2D eigenvalue weighted by Gasteiger charge is -2.13. The molecule has 1 atom stereocenters. The quantitative estimate of drug-likeness (QED) is 0.780. The van der Waals surface area contributed by atoms with Crippen LogP contribution >= 0.6 is 0 Å². The second-order valence-corrected chi connectivity index (χ2v) is 3.63. The van der Waals surface area contributed by atoms with Crippen molar-refractivity contribution in [1.82, 2.24) is 4.98 Å². The molecule has 0 fully saturated rings. The Bertz CT molecular complexity index is 289. The highest BCUT2D eigenvalue weighted by Gasteiger charge is 2.02. The van der Waals surface area contributed by atoms with Crippen LogP contribution in [0.4, 0.5) is 5.82 Å². The fourth-order valence-electron chi connectivity index (χ4n) is 1.48. The van der Waals surface area contributed by atoms with E-state index < -0.39 is 0 Å². The second-order valence-electron chi connectivity index (χ2n) is 3.63. The van der Waals surface area contributed by atoms with Crippen LogP contribution in [0, 0.1) is 0 Å². The molecule has 3 nitrogen and oxygen atoms in total. The van der Waals surface area contributed by atoms with Gasteiger partial charge in [-0.1, -0.05) is 19.4 Å². The molecule has 0 aromatic carbocycles. The summed E-state index contributed by atoms with van der Waals surface area (Å²) in [5.41, 5.74) is 0. The van der Waals surface area contributed by atoms with E-state index in [1.54, 1.807) is 0 Å². The van der Waals surface area contributed by atoms with Crippen LogP contribution in [0.3, 0.4) is 0 Å². The van der Waals surface area contributed by atoms with Crippen molar-refractivity contribution in [2.24, 2.45) is 0 Å². The number of ether oxygens (including phenoxy) is 1. The Morgan fingerprint density at radius 1 is 1.40 bits per heavy atom. The van der Waals surface area contributed by atoms with Crippen molar-refractivity contribution >= 4 is 5.82 Å². The number of nitrogens with zero attached hydrogens (tertiary/aromatic N) is 1. The van der Waals surface area contributed by atoms with E-state index in [0.29, 0.717) is 18.5 Å². The highest BCUT2D eigenvalue weighted by atomic mass is 16.5. The number of aromatic nitrogens is 1. The Labute approximate surface area is 91.9 Å². The molecule has 84 valence electrons. The van der Waals surface area contributed by atoms with Gasteiger partial charge in [-0.05, 0) is 26.3 Å². The highest BCUT2D eigenvalue weighted by Crippen LogP contribution is 2.13. The molecule has 0 aliphatic heterocycles. The SMILES string of the molecule is CCCC(C)Nc1cccc(OCC)n1. The first-order valence-electron chi connectivity index (χ1n) is 5.62. The molecule has 0 amide bonds. The van der Waals surface area contributed by atoms with Gasteiger partial charge >= 0.3 is 0 Å². The van der Waals surface area contributed by atoms with Crippen LogP contribution in [0.1, 0.15) is 33.6 Å². The first kappa shape index (κ1) is 11.8. The third kappa shape index (κ3) is 4.19. The molecule has 15 heavy (non-hydrogen) atoms. The first-order chi connectivity index (χ1) is 7.26. The van der Waals surface area contributed by atoms with Crippen molar-refractivity contribution in [3.63, 3.8) is 0 Å². The molecule has 1 heterocycles. The summed E-state index contributed by atoms with van der Waals surface area (Å²) in [7, 11) is 0. The lowest BCUT2D eigenvalue weighted by Crippen LogP contribution is -2.15. The molecule has 0 saturated carbocycles. The Kier molecular flexibility index (Phi) is 4.95. The van der Waals surface area contributed by atoms with Gasteiger partial charge in [0, 0.05) is 12.1 Å². The normalized spacial score (nSPS) is 12.2. The molecule has 0 spiro atoms. The minimum absolute atomic E-state index is 0.458. The third-order valence-electron chi connectivity index (χ3n) is 2.13. The average molecular weight is 208 g/mol. The molecule has 1 rings (SSSR count). The topological polar surface area (TPSA) is 34.1 Å². The van der Waals surface area contributed by atoms with E-state index >= 15 is 0 Å². The van der Waals surface area contributed by atoms with Gasteiger partial charge in [0.15, 0.2) is 0 Å². The van der Waals surface area contributed by atoms with Crippen LogP contribution in [0.5, 0.6) is 5.88 Å². The molecule has 1 N–H and O–H groups in total. The number of rotatable bonds is 6. The van der Waals surface area contributed by atoms with E-state index in [1.165, 1.54) is 6.42 Å². The summed E-state index contributed by atoms with van der Waals surface area (Å²) in [6, 6.07) is 6.26. The van der Waals surface area contributed by atoms with E-state index in [-0.39, 0.29) is 0 Å². The van der Waals surface area contributed by atoms with Gasteiger partial charge in [0.25, 0.3) is 0 Å². The van der Waals surface area contributed by atoms with Gasteiger partial charge < -0.3 is 10.1 Å². The summed E-state index contributed by atoms with van der Waals surface area (Å²) in [5, 5.41) is 3.35. The van der Waals surface area contributed by atoms with Crippen LogP contribution in [-0.4, -0.2) is 17.6 Å². The Morgan fingerprint density at radius 3 is 2.87 bits per heavy atom. The zero-order valence-electron chi connectivity index (χ0n) is 9.79. The summed E-state index contributed by atoms with van der Waals surface area (Å²) >= 11 is 0. The smallest absolute Gasteiger partial charge is 0.215 e. The lowest BCUT2D eigenvalue weighted by molar-refractivity contribution is 0.327. The number of hydrogen-bond donors (Lipinski definition) is 1. The van der Waals surface area contributed by atoms with Crippen molar-refractivity contribution < 1.29 is 4.74 Å². The minimum atomic E-state index is 0.458. The molecular weight excluding hydrogens is 188 g/mol. The molecule has 0 radical (unpaired) electrons. The van der Waals surface area contributed by atoms with E-state index in [4.69, 9.17) is 4.74 Å². The van der Waals surface area contributed by atoms with Crippen LogP contribution in [-0.2, 0) is 0 Å². The van der Waals surface area contributed by atoms with Crippen LogP contribution in [0.15, 0.2) is 18.2 Å². The Morgan fingerprint density at radius 2 is 2.20 bits per heavy atom. The predicted octanol–water partition coefficient (Wildman–Crippen LogP) is 3.08. The van der Waals surface area contributed by atoms with E-state index in [2.05, 4.69) is 24.1 Å². The molecule has 1 aromatic heterocycles. The van der Waals surface area contributed by atoms with E-state index in [1.807, 2.05) is 25.1 Å². The maximum atomic E-state index is 5.34. The van der Waals surface area contributed by atoms with Gasteiger partial charge in [0.2, 0.25) is 5.88 Å². The van der Waals surface area contributed by atoms with Crippen LogP contribution < -0.4 is 10.1 Å². The van der Waals surface area contributed by atoms with Gasteiger partial charge in [-0.2, -0.15) is 4.98 Å². The molecule has 0 aliphatic carbocycles. The average Bonchev–Trinajstić information content (AvgIpc) is 2.19. The minimum Gasteiger partial charge on any atom is -0.478 e. The van der Waals surface area contributed by atoms with Gasteiger partial charge in [-0.15, -0.1) is 0 Å². The van der Waals surface area contributed by atoms with Gasteiger partial charge in [0.05, 0.1) is 6.61 Å². The van der Waals surface area contributed by atoms with E-state index in [9.17, 15) is 0 Å². The van der Waals surface area contributed by atoms with E-state index in [0.717, 1.165) is 12.2 Å². The molecule has 1 aromatic rings. The molecule has 0 bridgehead atoms. The zero-order chi connectivity index (χ0) is 11.1. The lowest BCUT2D eigenvalue weighted by atomic mass is 10.2. The largest absolute Gasteiger partial charge is 0.478 e. The zero-order valence-corrected chi connectivity index (χ0v) is 9.79. The maximum absolute atomic E-state index is 5.34. The number of anilines is 1. The first-order valence-corrected chi connectivity index (χ1v) is 5.62. The maximum Gasteiger partial charge on any atom is 0.215 e. The third-order valence-corrected chi connectivity index (χ3v) is 2.13. The summed E-state index contributed by atoms with van der Waals surface area (Å²) in [5.74, 6) is 1.58. The van der Waals surface area contributed by atoms with Crippen LogP contribution in [0.2, 0.25) is 0 Å². The fourth-order valence-corrected chi connectivity index (χ4v) is 1.48. The number of hydrogen-bond acceptors (Lipinski definition) is 3. The van der Waals surface area contributed by atoms with Crippen molar-refractivity contribution in [2.75, 3.05) is 11.9 Å². The van der Waals surface area contributed by atoms with Crippen LogP contribution in [0.25, 0.3) is 0 Å². The number of pyridine rings is 1. The molecular formula is C12H20N2O. The van der Waals surface area contributed by atoms with Crippen molar-refractivity contribution in [3.8, 4) is 5.88 Å². The predicted molar refractivity (Wildman–Crippen MR) is 63.4 cm³/mol. The summed E-state index contributed by atoms with van der Waals surface area (Å²) in [4.78, 5) is 4.35. The molecule has 1 unspecified atom stereocenters. The second kappa shape index (κ2) is 6.27. The summed E-state index contributed by atoms with van der Waals surface area (Å²) in [6.07, 6.45) is 2.33. The van der Waals surface area contributed by atoms with Crippen molar-refractivity contribution in [1.29, 1.82) is 0 Å². The van der Waals surface area contributed by atoms with Gasteiger partial charge in [0.1, 0.15) is 5.82 Å².